The third kappa shape index (κ3) is 3.10. The van der Waals surface area contributed by atoms with Crippen molar-refractivity contribution in [2.24, 2.45) is 5.92 Å². The molecule has 1 saturated heterocycles. The Labute approximate surface area is 170 Å². The average Bonchev–Trinajstić information content (AvgIpc) is 2.89. The molecule has 0 aromatic heterocycles. The lowest BCUT2D eigenvalue weighted by molar-refractivity contribution is -0.170. The Hall–Kier alpha value is -2.77. The number of carbonyl (C=O) groups is 3. The van der Waals surface area contributed by atoms with Gasteiger partial charge < -0.3 is 23.8 Å². The summed E-state index contributed by atoms with van der Waals surface area (Å²) in [5, 5.41) is 0. The number of rotatable bonds is 5. The van der Waals surface area contributed by atoms with Gasteiger partial charge in [0, 0.05) is 20.4 Å². The topological polar surface area (TPSA) is 91.4 Å². The maximum atomic E-state index is 13.3. The molecule has 0 spiro atoms. The molecule has 0 aliphatic carbocycles. The molecule has 1 amide bonds. The standard InChI is InChI=1S/C21H27NO7/c1-11(2)21-15-10-17(27-6)16(26-5)9-14(15)7-8-22(21)20(25)18(28-12(3)23)19(21)29-13(4)24/h9-11,18-19H,7-8H2,1-6H3. The molecule has 0 radical (unpaired) electrons. The Kier molecular flexibility index (Phi) is 5.47. The highest BCUT2D eigenvalue weighted by Crippen LogP contribution is 2.53. The van der Waals surface area contributed by atoms with E-state index in [9.17, 15) is 14.4 Å². The van der Waals surface area contributed by atoms with Crippen molar-refractivity contribution in [2.45, 2.75) is 51.9 Å². The second-order valence-corrected chi connectivity index (χ2v) is 7.64. The van der Waals surface area contributed by atoms with Crippen LogP contribution in [0, 0.1) is 5.92 Å². The lowest BCUT2D eigenvalue weighted by Gasteiger charge is -2.48. The lowest BCUT2D eigenvalue weighted by atomic mass is 9.71. The van der Waals surface area contributed by atoms with Crippen LogP contribution < -0.4 is 9.47 Å². The van der Waals surface area contributed by atoms with Gasteiger partial charge in [0.1, 0.15) is 5.54 Å². The number of carbonyl (C=O) groups excluding carboxylic acids is 3. The molecule has 2 aliphatic rings. The Morgan fingerprint density at radius 2 is 1.66 bits per heavy atom. The maximum absolute atomic E-state index is 13.3. The third-order valence-electron chi connectivity index (χ3n) is 5.78. The highest BCUT2D eigenvalue weighted by molar-refractivity contribution is 5.89. The van der Waals surface area contributed by atoms with E-state index in [2.05, 4.69) is 0 Å². The summed E-state index contributed by atoms with van der Waals surface area (Å²) in [5.74, 6) is -0.558. The average molecular weight is 405 g/mol. The van der Waals surface area contributed by atoms with E-state index < -0.39 is 29.7 Å². The number of methoxy groups -OCH3 is 2. The first-order valence-electron chi connectivity index (χ1n) is 9.59. The molecular weight excluding hydrogens is 378 g/mol. The lowest BCUT2D eigenvalue weighted by Crippen LogP contribution is -2.57. The molecule has 158 valence electrons. The molecule has 8 heteroatoms. The first-order chi connectivity index (χ1) is 13.7. The number of amides is 1. The van der Waals surface area contributed by atoms with Crippen molar-refractivity contribution < 1.29 is 33.3 Å². The Morgan fingerprint density at radius 1 is 1.07 bits per heavy atom. The van der Waals surface area contributed by atoms with Crippen LogP contribution in [-0.4, -0.2) is 55.7 Å². The monoisotopic (exact) mass is 405 g/mol. The molecule has 2 aliphatic heterocycles. The van der Waals surface area contributed by atoms with Crippen molar-refractivity contribution in [1.29, 1.82) is 0 Å². The summed E-state index contributed by atoms with van der Waals surface area (Å²) in [6.45, 7) is 6.84. The van der Waals surface area contributed by atoms with Crippen molar-refractivity contribution in [1.82, 2.24) is 4.90 Å². The second kappa shape index (κ2) is 7.57. The quantitative estimate of drug-likeness (QED) is 0.690. The van der Waals surface area contributed by atoms with Crippen molar-refractivity contribution >= 4 is 17.8 Å². The van der Waals surface area contributed by atoms with Crippen LogP contribution in [0.4, 0.5) is 0 Å². The molecule has 2 heterocycles. The van der Waals surface area contributed by atoms with E-state index in [0.717, 1.165) is 11.1 Å². The van der Waals surface area contributed by atoms with Gasteiger partial charge in [0.15, 0.2) is 17.6 Å². The Morgan fingerprint density at radius 3 is 2.17 bits per heavy atom. The van der Waals surface area contributed by atoms with E-state index in [-0.39, 0.29) is 11.8 Å². The minimum Gasteiger partial charge on any atom is -0.493 e. The van der Waals surface area contributed by atoms with Gasteiger partial charge in [0.05, 0.1) is 14.2 Å². The van der Waals surface area contributed by atoms with Crippen LogP contribution in [0.25, 0.3) is 0 Å². The van der Waals surface area contributed by atoms with Crippen LogP contribution in [0.2, 0.25) is 0 Å². The van der Waals surface area contributed by atoms with Gasteiger partial charge in [-0.15, -0.1) is 0 Å². The van der Waals surface area contributed by atoms with E-state index in [1.54, 1.807) is 12.0 Å². The van der Waals surface area contributed by atoms with Crippen molar-refractivity contribution in [2.75, 3.05) is 20.8 Å². The summed E-state index contributed by atoms with van der Waals surface area (Å²) < 4.78 is 21.9. The van der Waals surface area contributed by atoms with Crippen molar-refractivity contribution in [3.8, 4) is 11.5 Å². The number of fused-ring (bicyclic) bond motifs is 3. The Balaban J connectivity index is 2.29. The first kappa shape index (κ1) is 21.0. The minimum absolute atomic E-state index is 0.145. The zero-order valence-corrected chi connectivity index (χ0v) is 17.6. The molecule has 3 unspecified atom stereocenters. The van der Waals surface area contributed by atoms with E-state index in [1.807, 2.05) is 26.0 Å². The van der Waals surface area contributed by atoms with Crippen molar-refractivity contribution in [3.05, 3.63) is 23.3 Å². The van der Waals surface area contributed by atoms with E-state index in [1.165, 1.54) is 21.0 Å². The van der Waals surface area contributed by atoms with Gasteiger partial charge in [-0.2, -0.15) is 0 Å². The number of nitrogens with zero attached hydrogens (tertiary/aromatic N) is 1. The van der Waals surface area contributed by atoms with Gasteiger partial charge in [-0.05, 0) is 35.6 Å². The van der Waals surface area contributed by atoms with Crippen LogP contribution in [-0.2, 0) is 35.8 Å². The van der Waals surface area contributed by atoms with Crippen LogP contribution in [0.5, 0.6) is 11.5 Å². The molecule has 3 rings (SSSR count). The Bertz CT molecular complexity index is 850. The predicted molar refractivity (Wildman–Crippen MR) is 103 cm³/mol. The van der Waals surface area contributed by atoms with Crippen LogP contribution in [0.3, 0.4) is 0 Å². The minimum atomic E-state index is -1.20. The summed E-state index contributed by atoms with van der Waals surface area (Å²) in [7, 11) is 3.10. The summed E-state index contributed by atoms with van der Waals surface area (Å²) in [6, 6.07) is 3.73. The fourth-order valence-corrected chi connectivity index (χ4v) is 4.75. The second-order valence-electron chi connectivity index (χ2n) is 7.64. The zero-order chi connectivity index (χ0) is 21.5. The molecule has 0 saturated carbocycles. The summed E-state index contributed by atoms with van der Waals surface area (Å²) in [4.78, 5) is 38.6. The molecular formula is C21H27NO7. The molecule has 3 atom stereocenters. The predicted octanol–water partition coefficient (Wildman–Crippen LogP) is 1.82. The largest absolute Gasteiger partial charge is 0.493 e. The number of esters is 2. The van der Waals surface area contributed by atoms with Crippen LogP contribution in [0.1, 0.15) is 38.8 Å². The van der Waals surface area contributed by atoms with Crippen LogP contribution >= 0.6 is 0 Å². The summed E-state index contributed by atoms with van der Waals surface area (Å²) in [6.07, 6.45) is -1.58. The number of benzene rings is 1. The maximum Gasteiger partial charge on any atom is 0.303 e. The van der Waals surface area contributed by atoms with Gasteiger partial charge in [-0.3, -0.25) is 14.4 Å². The molecule has 1 fully saturated rings. The van der Waals surface area contributed by atoms with Gasteiger partial charge in [0.2, 0.25) is 6.10 Å². The zero-order valence-electron chi connectivity index (χ0n) is 17.6. The molecule has 8 nitrogen and oxygen atoms in total. The normalized spacial score (nSPS) is 25.3. The fraction of sp³-hybridized carbons (Fsp3) is 0.571. The summed E-state index contributed by atoms with van der Waals surface area (Å²) in [5.41, 5.74) is 0.794. The molecule has 29 heavy (non-hydrogen) atoms. The molecule has 1 aromatic rings. The SMILES string of the molecule is COc1cc2c(cc1OC)C1(C(C)C)C(OC(C)=O)C(OC(C)=O)C(=O)N1CC2. The number of ether oxygens (including phenoxy) is 4. The number of hydrogen-bond acceptors (Lipinski definition) is 7. The molecule has 0 N–H and O–H groups in total. The van der Waals surface area contributed by atoms with Crippen molar-refractivity contribution in [3.63, 3.8) is 0 Å². The van der Waals surface area contributed by atoms with Gasteiger partial charge in [-0.25, -0.2) is 0 Å². The highest BCUT2D eigenvalue weighted by Gasteiger charge is 2.66. The molecule has 0 bridgehead atoms. The van der Waals surface area contributed by atoms with E-state index in [4.69, 9.17) is 18.9 Å². The summed E-state index contributed by atoms with van der Waals surface area (Å²) >= 11 is 0. The van der Waals surface area contributed by atoms with Crippen LogP contribution in [0.15, 0.2) is 12.1 Å². The molecule has 1 aromatic carbocycles. The van der Waals surface area contributed by atoms with Gasteiger partial charge in [0.25, 0.3) is 5.91 Å². The van der Waals surface area contributed by atoms with Gasteiger partial charge in [-0.1, -0.05) is 13.8 Å². The van der Waals surface area contributed by atoms with E-state index >= 15 is 0 Å². The third-order valence-corrected chi connectivity index (χ3v) is 5.78. The van der Waals surface area contributed by atoms with Gasteiger partial charge >= 0.3 is 11.9 Å². The fourth-order valence-electron chi connectivity index (χ4n) is 4.75. The smallest absolute Gasteiger partial charge is 0.303 e. The first-order valence-corrected chi connectivity index (χ1v) is 9.59. The highest BCUT2D eigenvalue weighted by atomic mass is 16.6. The van der Waals surface area contributed by atoms with E-state index in [0.29, 0.717) is 24.5 Å². The number of hydrogen-bond donors (Lipinski definition) is 0.